The molecule has 0 radical (unpaired) electrons. The summed E-state index contributed by atoms with van der Waals surface area (Å²) in [5.41, 5.74) is 1.29. The number of methoxy groups -OCH3 is 1. The highest BCUT2D eigenvalue weighted by molar-refractivity contribution is 9.10. The van der Waals surface area contributed by atoms with Crippen LogP contribution in [-0.2, 0) is 11.2 Å². The van der Waals surface area contributed by atoms with Crippen LogP contribution in [0.25, 0.3) is 0 Å². The summed E-state index contributed by atoms with van der Waals surface area (Å²) in [6.45, 7) is 3.61. The minimum Gasteiger partial charge on any atom is -0.496 e. The van der Waals surface area contributed by atoms with Gasteiger partial charge in [-0.3, -0.25) is 0 Å². The Bertz CT molecular complexity index is 358. The summed E-state index contributed by atoms with van der Waals surface area (Å²) in [6.07, 6.45) is 2.01. The van der Waals surface area contributed by atoms with E-state index in [0.717, 1.165) is 36.3 Å². The highest BCUT2D eigenvalue weighted by atomic mass is 79.9. The van der Waals surface area contributed by atoms with Crippen molar-refractivity contribution in [2.45, 2.75) is 25.8 Å². The number of rotatable bonds is 8. The summed E-state index contributed by atoms with van der Waals surface area (Å²) in [5, 5.41) is 3.33. The summed E-state index contributed by atoms with van der Waals surface area (Å²) < 4.78 is 11.6. The fraction of sp³-hybridized carbons (Fsp3) is 0.571. The van der Waals surface area contributed by atoms with Crippen LogP contribution in [0.2, 0.25) is 0 Å². The maximum absolute atomic E-state index is 5.39. The fourth-order valence-corrected chi connectivity index (χ4v) is 2.43. The van der Waals surface area contributed by atoms with E-state index in [9.17, 15) is 0 Å². The molecule has 4 heteroatoms. The molecular weight excluding hydrogens is 294 g/mol. The zero-order chi connectivity index (χ0) is 13.4. The monoisotopic (exact) mass is 315 g/mol. The molecule has 1 unspecified atom stereocenters. The van der Waals surface area contributed by atoms with Gasteiger partial charge in [-0.2, -0.15) is 0 Å². The molecule has 1 N–H and O–H groups in total. The summed E-state index contributed by atoms with van der Waals surface area (Å²) in [7, 11) is 3.67. The second-order valence-corrected chi connectivity index (χ2v) is 5.00. The molecule has 1 rings (SSSR count). The zero-order valence-corrected chi connectivity index (χ0v) is 12.9. The molecule has 18 heavy (non-hydrogen) atoms. The number of hydrogen-bond donors (Lipinski definition) is 1. The Morgan fingerprint density at radius 3 is 2.72 bits per heavy atom. The van der Waals surface area contributed by atoms with Gasteiger partial charge >= 0.3 is 0 Å². The van der Waals surface area contributed by atoms with Crippen molar-refractivity contribution in [3.63, 3.8) is 0 Å². The molecule has 0 fully saturated rings. The van der Waals surface area contributed by atoms with Gasteiger partial charge in [0.1, 0.15) is 5.75 Å². The van der Waals surface area contributed by atoms with Crippen LogP contribution in [0.3, 0.4) is 0 Å². The summed E-state index contributed by atoms with van der Waals surface area (Å²) in [5.74, 6) is 0.870. The standard InChI is InChI=1S/C14H22BrNO2/c1-4-18-8-7-12(16-2)9-11-5-6-14(17-3)13(15)10-11/h5-6,10,12,16H,4,7-9H2,1-3H3. The number of ether oxygens (including phenoxy) is 2. The lowest BCUT2D eigenvalue weighted by Crippen LogP contribution is -2.29. The summed E-state index contributed by atoms with van der Waals surface area (Å²) in [6, 6.07) is 6.66. The van der Waals surface area contributed by atoms with Crippen molar-refractivity contribution in [2.24, 2.45) is 0 Å². The van der Waals surface area contributed by atoms with Crippen LogP contribution in [0.15, 0.2) is 22.7 Å². The Labute approximate surface area is 118 Å². The highest BCUT2D eigenvalue weighted by Gasteiger charge is 2.09. The van der Waals surface area contributed by atoms with Crippen LogP contribution >= 0.6 is 15.9 Å². The molecule has 0 saturated carbocycles. The SMILES string of the molecule is CCOCCC(Cc1ccc(OC)c(Br)c1)NC. The van der Waals surface area contributed by atoms with Crippen molar-refractivity contribution in [2.75, 3.05) is 27.4 Å². The third-order valence-electron chi connectivity index (χ3n) is 2.92. The molecule has 1 aromatic rings. The maximum atomic E-state index is 5.39. The lowest BCUT2D eigenvalue weighted by atomic mass is 10.0. The molecule has 0 aliphatic carbocycles. The number of benzene rings is 1. The van der Waals surface area contributed by atoms with Crippen molar-refractivity contribution >= 4 is 15.9 Å². The number of hydrogen-bond acceptors (Lipinski definition) is 3. The van der Waals surface area contributed by atoms with Gasteiger partial charge in [0, 0.05) is 19.3 Å². The average Bonchev–Trinajstić information content (AvgIpc) is 2.38. The fourth-order valence-electron chi connectivity index (χ4n) is 1.84. The van der Waals surface area contributed by atoms with Crippen molar-refractivity contribution in [1.82, 2.24) is 5.32 Å². The molecular formula is C14H22BrNO2. The van der Waals surface area contributed by atoms with Crippen LogP contribution < -0.4 is 10.1 Å². The first-order chi connectivity index (χ1) is 8.71. The van der Waals surface area contributed by atoms with Gasteiger partial charge in [-0.25, -0.2) is 0 Å². The average molecular weight is 316 g/mol. The van der Waals surface area contributed by atoms with E-state index in [4.69, 9.17) is 9.47 Å². The van der Waals surface area contributed by atoms with Crippen LogP contribution in [-0.4, -0.2) is 33.4 Å². The Hall–Kier alpha value is -0.580. The minimum absolute atomic E-state index is 0.442. The Morgan fingerprint density at radius 2 is 2.17 bits per heavy atom. The predicted octanol–water partition coefficient (Wildman–Crippen LogP) is 3.01. The lowest BCUT2D eigenvalue weighted by molar-refractivity contribution is 0.137. The van der Waals surface area contributed by atoms with Gasteiger partial charge < -0.3 is 14.8 Å². The molecule has 0 bridgehead atoms. The molecule has 102 valence electrons. The minimum atomic E-state index is 0.442. The lowest BCUT2D eigenvalue weighted by Gasteiger charge is -2.16. The summed E-state index contributed by atoms with van der Waals surface area (Å²) in [4.78, 5) is 0. The third-order valence-corrected chi connectivity index (χ3v) is 3.54. The van der Waals surface area contributed by atoms with Crippen LogP contribution in [0.1, 0.15) is 18.9 Å². The molecule has 0 spiro atoms. The second kappa shape index (κ2) is 8.51. The molecule has 0 aliphatic heterocycles. The molecule has 1 atom stereocenters. The smallest absolute Gasteiger partial charge is 0.133 e. The van der Waals surface area contributed by atoms with E-state index in [1.54, 1.807) is 7.11 Å². The second-order valence-electron chi connectivity index (χ2n) is 4.14. The van der Waals surface area contributed by atoms with Gasteiger partial charge in [0.05, 0.1) is 11.6 Å². The van der Waals surface area contributed by atoms with Crippen molar-refractivity contribution < 1.29 is 9.47 Å². The van der Waals surface area contributed by atoms with Gasteiger partial charge in [0.25, 0.3) is 0 Å². The van der Waals surface area contributed by atoms with Crippen LogP contribution in [0, 0.1) is 0 Å². The molecule has 1 aromatic carbocycles. The van der Waals surface area contributed by atoms with E-state index in [1.807, 2.05) is 20.0 Å². The molecule has 3 nitrogen and oxygen atoms in total. The van der Waals surface area contributed by atoms with Crippen molar-refractivity contribution in [3.8, 4) is 5.75 Å². The number of nitrogens with one attached hydrogen (secondary N) is 1. The van der Waals surface area contributed by atoms with E-state index in [-0.39, 0.29) is 0 Å². The molecule has 0 amide bonds. The predicted molar refractivity (Wildman–Crippen MR) is 78.4 cm³/mol. The maximum Gasteiger partial charge on any atom is 0.133 e. The third kappa shape index (κ3) is 4.96. The van der Waals surface area contributed by atoms with E-state index in [2.05, 4.69) is 33.4 Å². The van der Waals surface area contributed by atoms with Gasteiger partial charge in [-0.15, -0.1) is 0 Å². The van der Waals surface area contributed by atoms with Gasteiger partial charge in [-0.05, 0) is 60.4 Å². The van der Waals surface area contributed by atoms with Crippen molar-refractivity contribution in [1.29, 1.82) is 0 Å². The van der Waals surface area contributed by atoms with Crippen LogP contribution in [0.4, 0.5) is 0 Å². The van der Waals surface area contributed by atoms with Gasteiger partial charge in [0.15, 0.2) is 0 Å². The molecule has 0 heterocycles. The number of likely N-dealkylation sites (N-methyl/N-ethyl adjacent to an activating group) is 1. The molecule has 0 aliphatic rings. The molecule has 0 saturated heterocycles. The van der Waals surface area contributed by atoms with Gasteiger partial charge in [0.2, 0.25) is 0 Å². The normalized spacial score (nSPS) is 12.4. The van der Waals surface area contributed by atoms with E-state index in [0.29, 0.717) is 6.04 Å². The van der Waals surface area contributed by atoms with Gasteiger partial charge in [-0.1, -0.05) is 6.07 Å². The van der Waals surface area contributed by atoms with E-state index >= 15 is 0 Å². The first-order valence-electron chi connectivity index (χ1n) is 6.28. The first kappa shape index (κ1) is 15.5. The topological polar surface area (TPSA) is 30.5 Å². The first-order valence-corrected chi connectivity index (χ1v) is 7.08. The number of halogens is 1. The zero-order valence-electron chi connectivity index (χ0n) is 11.3. The largest absolute Gasteiger partial charge is 0.496 e. The highest BCUT2D eigenvalue weighted by Crippen LogP contribution is 2.26. The molecule has 0 aromatic heterocycles. The van der Waals surface area contributed by atoms with Crippen LogP contribution in [0.5, 0.6) is 5.75 Å². The Kier molecular flexibility index (Phi) is 7.32. The Morgan fingerprint density at radius 1 is 1.39 bits per heavy atom. The summed E-state index contributed by atoms with van der Waals surface area (Å²) >= 11 is 3.51. The Balaban J connectivity index is 2.55. The van der Waals surface area contributed by atoms with E-state index in [1.165, 1.54) is 5.56 Å². The quantitative estimate of drug-likeness (QED) is 0.748. The van der Waals surface area contributed by atoms with E-state index < -0.39 is 0 Å². The van der Waals surface area contributed by atoms with Crippen molar-refractivity contribution in [3.05, 3.63) is 28.2 Å².